The van der Waals surface area contributed by atoms with Gasteiger partial charge in [-0.15, -0.1) is 16.4 Å². The molecule has 0 bridgehead atoms. The molecule has 0 radical (unpaired) electrons. The van der Waals surface area contributed by atoms with E-state index in [1.807, 2.05) is 53.6 Å². The minimum Gasteiger partial charge on any atom is -0.342 e. The van der Waals surface area contributed by atoms with Gasteiger partial charge in [-0.3, -0.25) is 9.59 Å². The van der Waals surface area contributed by atoms with Crippen LogP contribution in [-0.2, 0) is 17.8 Å². The Labute approximate surface area is 188 Å². The largest absolute Gasteiger partial charge is 0.342 e. The van der Waals surface area contributed by atoms with Crippen LogP contribution in [0.3, 0.4) is 0 Å². The Balaban J connectivity index is 1.39. The molecule has 1 aliphatic rings. The lowest BCUT2D eigenvalue weighted by Gasteiger charge is -2.32. The van der Waals surface area contributed by atoms with E-state index in [4.69, 9.17) is 4.98 Å². The maximum atomic E-state index is 12.8. The molecule has 32 heavy (non-hydrogen) atoms. The van der Waals surface area contributed by atoms with Crippen LogP contribution >= 0.6 is 11.3 Å². The lowest BCUT2D eigenvalue weighted by Crippen LogP contribution is -2.40. The van der Waals surface area contributed by atoms with E-state index in [2.05, 4.69) is 15.3 Å². The van der Waals surface area contributed by atoms with Crippen LogP contribution in [-0.4, -0.2) is 48.9 Å². The number of piperidine rings is 1. The molecule has 4 heterocycles. The third kappa shape index (κ3) is 4.20. The van der Waals surface area contributed by atoms with Gasteiger partial charge in [0.05, 0.1) is 13.0 Å². The molecular weight excluding hydrogens is 424 g/mol. The normalized spacial score (nSPS) is 16.5. The second-order valence-electron chi connectivity index (χ2n) is 8.29. The Morgan fingerprint density at radius 1 is 1.25 bits per heavy atom. The van der Waals surface area contributed by atoms with Crippen LogP contribution < -0.4 is 5.56 Å². The smallest absolute Gasteiger partial charge is 0.281 e. The third-order valence-corrected chi connectivity index (χ3v) is 6.79. The van der Waals surface area contributed by atoms with Gasteiger partial charge in [0.1, 0.15) is 5.82 Å². The standard InChI is InChI=1S/C23H24N6O2S/c1-15-6-8-16(9-7-15)13-29-22-20(26-27-29)23(31)25-21(24-22)17-4-2-10-28(14-17)19(30)12-18-5-3-11-32-18/h3,5-9,11,17H,2,4,10,12-14H2,1H3,(H,24,25,31). The van der Waals surface area contributed by atoms with E-state index in [1.54, 1.807) is 16.0 Å². The molecule has 5 rings (SSSR count). The topological polar surface area (TPSA) is 96.8 Å². The number of hydrogen-bond acceptors (Lipinski definition) is 6. The van der Waals surface area contributed by atoms with Crippen LogP contribution in [0.4, 0.5) is 0 Å². The number of aryl methyl sites for hydroxylation is 1. The summed E-state index contributed by atoms with van der Waals surface area (Å²) in [5.74, 6) is 0.700. The summed E-state index contributed by atoms with van der Waals surface area (Å²) in [6.07, 6.45) is 2.17. The van der Waals surface area contributed by atoms with Crippen molar-refractivity contribution in [3.63, 3.8) is 0 Å². The molecule has 1 amide bonds. The molecule has 1 atom stereocenters. The van der Waals surface area contributed by atoms with Gasteiger partial charge in [0.2, 0.25) is 5.91 Å². The number of carbonyl (C=O) groups excluding carboxylic acids is 1. The van der Waals surface area contributed by atoms with E-state index >= 15 is 0 Å². The quantitative estimate of drug-likeness (QED) is 0.506. The number of rotatable bonds is 5. The van der Waals surface area contributed by atoms with Crippen molar-refractivity contribution >= 4 is 28.4 Å². The first-order valence-electron chi connectivity index (χ1n) is 10.8. The fourth-order valence-corrected chi connectivity index (χ4v) is 4.85. The first-order chi connectivity index (χ1) is 15.6. The highest BCUT2D eigenvalue weighted by Gasteiger charge is 2.27. The molecule has 1 unspecified atom stereocenters. The molecule has 0 saturated carbocycles. The number of amides is 1. The van der Waals surface area contributed by atoms with E-state index in [1.165, 1.54) is 5.56 Å². The van der Waals surface area contributed by atoms with Crippen molar-refractivity contribution in [3.05, 3.63) is 74.0 Å². The van der Waals surface area contributed by atoms with Gasteiger partial charge in [-0.1, -0.05) is 41.1 Å². The SMILES string of the molecule is Cc1ccc(Cn2nnc3c(=O)[nH]c(C4CCCN(C(=O)Cc5cccs5)C4)nc32)cc1. The van der Waals surface area contributed by atoms with E-state index in [0.717, 1.165) is 29.8 Å². The number of fused-ring (bicyclic) bond motifs is 1. The molecule has 1 saturated heterocycles. The maximum Gasteiger partial charge on any atom is 0.281 e. The van der Waals surface area contributed by atoms with Crippen molar-refractivity contribution in [2.24, 2.45) is 0 Å². The van der Waals surface area contributed by atoms with E-state index < -0.39 is 0 Å². The summed E-state index contributed by atoms with van der Waals surface area (Å²) in [6, 6.07) is 12.1. The number of H-pyrrole nitrogens is 1. The highest BCUT2D eigenvalue weighted by molar-refractivity contribution is 7.10. The summed E-state index contributed by atoms with van der Waals surface area (Å²) in [7, 11) is 0. The first kappa shape index (κ1) is 20.6. The number of carbonyl (C=O) groups is 1. The number of aromatic nitrogens is 5. The summed E-state index contributed by atoms with van der Waals surface area (Å²) in [6.45, 7) is 3.82. The first-order valence-corrected chi connectivity index (χ1v) is 11.6. The van der Waals surface area contributed by atoms with Gasteiger partial charge in [0, 0.05) is 23.9 Å². The van der Waals surface area contributed by atoms with Gasteiger partial charge in [0.15, 0.2) is 11.2 Å². The Bertz CT molecular complexity index is 1290. The summed E-state index contributed by atoms with van der Waals surface area (Å²) in [5.41, 5.74) is 2.68. The number of benzene rings is 1. The second-order valence-corrected chi connectivity index (χ2v) is 9.32. The maximum absolute atomic E-state index is 12.8. The molecule has 9 heteroatoms. The molecular formula is C23H24N6O2S. The third-order valence-electron chi connectivity index (χ3n) is 5.91. The highest BCUT2D eigenvalue weighted by atomic mass is 32.1. The van der Waals surface area contributed by atoms with Crippen LogP contribution in [0.2, 0.25) is 0 Å². The van der Waals surface area contributed by atoms with E-state index in [0.29, 0.717) is 31.0 Å². The fourth-order valence-electron chi connectivity index (χ4n) is 4.15. The fraction of sp³-hybridized carbons (Fsp3) is 0.348. The van der Waals surface area contributed by atoms with Crippen molar-refractivity contribution in [1.29, 1.82) is 0 Å². The zero-order valence-electron chi connectivity index (χ0n) is 17.8. The molecule has 1 aliphatic heterocycles. The predicted molar refractivity (Wildman–Crippen MR) is 123 cm³/mol. The van der Waals surface area contributed by atoms with Crippen molar-refractivity contribution in [3.8, 4) is 0 Å². The van der Waals surface area contributed by atoms with Crippen LogP contribution in [0.25, 0.3) is 11.2 Å². The Kier molecular flexibility index (Phi) is 5.57. The molecule has 164 valence electrons. The number of hydrogen-bond donors (Lipinski definition) is 1. The van der Waals surface area contributed by atoms with Crippen LogP contribution in [0.5, 0.6) is 0 Å². The summed E-state index contributed by atoms with van der Waals surface area (Å²) in [5, 5.41) is 10.2. The molecule has 1 aromatic carbocycles. The zero-order valence-corrected chi connectivity index (χ0v) is 18.6. The van der Waals surface area contributed by atoms with Gasteiger partial charge in [0.25, 0.3) is 5.56 Å². The average Bonchev–Trinajstić information content (AvgIpc) is 3.46. The molecule has 1 N–H and O–H groups in total. The second kappa shape index (κ2) is 8.66. The molecule has 0 aliphatic carbocycles. The van der Waals surface area contributed by atoms with Crippen LogP contribution in [0.15, 0.2) is 46.6 Å². The van der Waals surface area contributed by atoms with Crippen LogP contribution in [0.1, 0.15) is 40.6 Å². The summed E-state index contributed by atoms with van der Waals surface area (Å²) < 4.78 is 1.67. The molecule has 1 fully saturated rings. The highest BCUT2D eigenvalue weighted by Crippen LogP contribution is 2.25. The Morgan fingerprint density at radius 3 is 2.88 bits per heavy atom. The van der Waals surface area contributed by atoms with E-state index in [9.17, 15) is 9.59 Å². The molecule has 8 nitrogen and oxygen atoms in total. The minimum atomic E-state index is -0.290. The van der Waals surface area contributed by atoms with Crippen molar-refractivity contribution in [1.82, 2.24) is 29.9 Å². The lowest BCUT2D eigenvalue weighted by atomic mass is 9.97. The van der Waals surface area contributed by atoms with Gasteiger partial charge in [-0.25, -0.2) is 9.67 Å². The number of aromatic amines is 1. The average molecular weight is 449 g/mol. The van der Waals surface area contributed by atoms with Crippen molar-refractivity contribution < 1.29 is 4.79 Å². The monoisotopic (exact) mass is 448 g/mol. The van der Waals surface area contributed by atoms with Crippen LogP contribution in [0, 0.1) is 6.92 Å². The van der Waals surface area contributed by atoms with E-state index in [-0.39, 0.29) is 22.9 Å². The van der Waals surface area contributed by atoms with Crippen molar-refractivity contribution in [2.45, 2.75) is 38.6 Å². The minimum absolute atomic E-state index is 0.0177. The van der Waals surface area contributed by atoms with Crippen molar-refractivity contribution in [2.75, 3.05) is 13.1 Å². The summed E-state index contributed by atoms with van der Waals surface area (Å²) >= 11 is 1.60. The van der Waals surface area contributed by atoms with Gasteiger partial charge in [-0.2, -0.15) is 0 Å². The molecule has 3 aromatic heterocycles. The predicted octanol–water partition coefficient (Wildman–Crippen LogP) is 2.88. The van der Waals surface area contributed by atoms with Gasteiger partial charge >= 0.3 is 0 Å². The Hall–Kier alpha value is -3.33. The van der Waals surface area contributed by atoms with Gasteiger partial charge in [-0.05, 0) is 36.8 Å². The number of nitrogens with one attached hydrogen (secondary N) is 1. The van der Waals surface area contributed by atoms with Gasteiger partial charge < -0.3 is 9.88 Å². The number of nitrogens with zero attached hydrogens (tertiary/aromatic N) is 5. The number of thiophene rings is 1. The molecule has 0 spiro atoms. The lowest BCUT2D eigenvalue weighted by molar-refractivity contribution is -0.131. The number of likely N-dealkylation sites (tertiary alicyclic amines) is 1. The summed E-state index contributed by atoms with van der Waals surface area (Å²) in [4.78, 5) is 36.1. The zero-order chi connectivity index (χ0) is 22.1. The molecule has 4 aromatic rings. The Morgan fingerprint density at radius 2 is 2.09 bits per heavy atom.